The van der Waals surface area contributed by atoms with Crippen LogP contribution in [0.1, 0.15) is 18.6 Å². The highest BCUT2D eigenvalue weighted by atomic mass is 35.5. The monoisotopic (exact) mass is 278 g/mol. The van der Waals surface area contributed by atoms with Crippen molar-refractivity contribution in [1.82, 2.24) is 10.3 Å². The van der Waals surface area contributed by atoms with Crippen LogP contribution in [0.25, 0.3) is 0 Å². The first-order chi connectivity index (χ1) is 8.81. The summed E-state index contributed by atoms with van der Waals surface area (Å²) in [7, 11) is 1.93. The van der Waals surface area contributed by atoms with Gasteiger partial charge in [-0.2, -0.15) is 0 Å². The molecule has 0 radical (unpaired) electrons. The van der Waals surface area contributed by atoms with Crippen molar-refractivity contribution >= 4 is 12.4 Å². The number of rotatable bonds is 5. The zero-order valence-electron chi connectivity index (χ0n) is 11.1. The summed E-state index contributed by atoms with van der Waals surface area (Å²) in [5, 5.41) is 3.23. The first kappa shape index (κ1) is 15.5. The van der Waals surface area contributed by atoms with Crippen LogP contribution in [-0.4, -0.2) is 18.1 Å². The Morgan fingerprint density at radius 3 is 2.32 bits per heavy atom. The molecule has 3 nitrogen and oxygen atoms in total. The van der Waals surface area contributed by atoms with E-state index in [0.29, 0.717) is 5.88 Å². The van der Waals surface area contributed by atoms with E-state index in [2.05, 4.69) is 29.4 Å². The predicted octanol–water partition coefficient (Wildman–Crippen LogP) is 3.23. The maximum atomic E-state index is 5.98. The van der Waals surface area contributed by atoms with Gasteiger partial charge in [-0.1, -0.05) is 36.4 Å². The first-order valence-corrected chi connectivity index (χ1v) is 6.11. The Bertz CT molecular complexity index is 464. The Balaban J connectivity index is 0.00000180. The number of hydrogen-bond acceptors (Lipinski definition) is 3. The third kappa shape index (κ3) is 4.23. The van der Waals surface area contributed by atoms with Crippen LogP contribution in [-0.2, 0) is 0 Å². The lowest BCUT2D eigenvalue weighted by Gasteiger charge is -2.24. The van der Waals surface area contributed by atoms with E-state index < -0.39 is 0 Å². The smallest absolute Gasteiger partial charge is 0.213 e. The minimum Gasteiger partial charge on any atom is -0.468 e. The SMILES string of the molecule is CNC(C)C(Oc1ccccn1)c1ccccc1.Cl. The summed E-state index contributed by atoms with van der Waals surface area (Å²) in [6.07, 6.45) is 1.69. The highest BCUT2D eigenvalue weighted by molar-refractivity contribution is 5.85. The van der Waals surface area contributed by atoms with Gasteiger partial charge in [0.15, 0.2) is 0 Å². The Morgan fingerprint density at radius 1 is 1.05 bits per heavy atom. The van der Waals surface area contributed by atoms with Crippen molar-refractivity contribution in [3.05, 3.63) is 60.3 Å². The van der Waals surface area contributed by atoms with Crippen LogP contribution in [0, 0.1) is 0 Å². The summed E-state index contributed by atoms with van der Waals surface area (Å²) < 4.78 is 5.98. The quantitative estimate of drug-likeness (QED) is 0.912. The van der Waals surface area contributed by atoms with Gasteiger partial charge in [0.25, 0.3) is 0 Å². The van der Waals surface area contributed by atoms with Gasteiger partial charge in [-0.3, -0.25) is 0 Å². The molecule has 1 aromatic heterocycles. The van der Waals surface area contributed by atoms with Crippen LogP contribution in [0.15, 0.2) is 54.7 Å². The summed E-state index contributed by atoms with van der Waals surface area (Å²) in [6, 6.07) is 16.1. The van der Waals surface area contributed by atoms with Gasteiger partial charge in [0, 0.05) is 18.3 Å². The number of pyridine rings is 1. The van der Waals surface area contributed by atoms with Crippen molar-refractivity contribution in [2.45, 2.75) is 19.1 Å². The zero-order valence-corrected chi connectivity index (χ0v) is 11.9. The largest absolute Gasteiger partial charge is 0.468 e. The Morgan fingerprint density at radius 2 is 1.74 bits per heavy atom. The predicted molar refractivity (Wildman–Crippen MR) is 79.8 cm³/mol. The second-order valence-corrected chi connectivity index (χ2v) is 4.19. The third-order valence-electron chi connectivity index (χ3n) is 2.92. The second kappa shape index (κ2) is 7.77. The molecule has 0 saturated heterocycles. The molecule has 0 spiro atoms. The molecule has 4 heteroatoms. The maximum Gasteiger partial charge on any atom is 0.213 e. The number of hydrogen-bond donors (Lipinski definition) is 1. The van der Waals surface area contributed by atoms with E-state index in [1.165, 1.54) is 0 Å². The summed E-state index contributed by atoms with van der Waals surface area (Å²) in [6.45, 7) is 2.10. The van der Waals surface area contributed by atoms with Crippen LogP contribution in [0.5, 0.6) is 5.88 Å². The number of halogens is 1. The first-order valence-electron chi connectivity index (χ1n) is 6.11. The van der Waals surface area contributed by atoms with Crippen molar-refractivity contribution in [3.63, 3.8) is 0 Å². The fourth-order valence-corrected chi connectivity index (χ4v) is 1.80. The number of nitrogens with one attached hydrogen (secondary N) is 1. The van der Waals surface area contributed by atoms with Crippen molar-refractivity contribution in [2.75, 3.05) is 7.05 Å². The van der Waals surface area contributed by atoms with Crippen LogP contribution in [0.3, 0.4) is 0 Å². The van der Waals surface area contributed by atoms with Gasteiger partial charge < -0.3 is 10.1 Å². The fraction of sp³-hybridized carbons (Fsp3) is 0.267. The molecule has 1 heterocycles. The average molecular weight is 279 g/mol. The minimum atomic E-state index is -0.0499. The molecule has 0 fully saturated rings. The highest BCUT2D eigenvalue weighted by Gasteiger charge is 2.20. The molecule has 0 saturated carbocycles. The van der Waals surface area contributed by atoms with E-state index in [9.17, 15) is 0 Å². The molecule has 2 unspecified atom stereocenters. The van der Waals surface area contributed by atoms with Gasteiger partial charge in [0.05, 0.1) is 0 Å². The van der Waals surface area contributed by atoms with Gasteiger partial charge in [0.1, 0.15) is 6.10 Å². The van der Waals surface area contributed by atoms with Crippen molar-refractivity contribution in [1.29, 1.82) is 0 Å². The summed E-state index contributed by atoms with van der Waals surface area (Å²) in [5.41, 5.74) is 1.14. The van der Waals surface area contributed by atoms with Gasteiger partial charge in [-0.05, 0) is 25.6 Å². The van der Waals surface area contributed by atoms with E-state index in [-0.39, 0.29) is 24.6 Å². The normalized spacial score (nSPS) is 13.2. The molecular formula is C15H19ClN2O. The van der Waals surface area contributed by atoms with Gasteiger partial charge in [-0.25, -0.2) is 4.98 Å². The van der Waals surface area contributed by atoms with Gasteiger partial charge >= 0.3 is 0 Å². The molecule has 0 aliphatic heterocycles. The van der Waals surface area contributed by atoms with E-state index in [0.717, 1.165) is 5.56 Å². The Labute approximate surface area is 120 Å². The number of ether oxygens (including phenoxy) is 1. The Kier molecular flexibility index (Phi) is 6.33. The topological polar surface area (TPSA) is 34.1 Å². The van der Waals surface area contributed by atoms with Crippen LogP contribution in [0.2, 0.25) is 0 Å². The lowest BCUT2D eigenvalue weighted by molar-refractivity contribution is 0.159. The number of nitrogens with zero attached hydrogens (tertiary/aromatic N) is 1. The number of benzene rings is 1. The molecule has 1 aromatic carbocycles. The van der Waals surface area contributed by atoms with Crippen molar-refractivity contribution in [3.8, 4) is 5.88 Å². The summed E-state index contributed by atoms with van der Waals surface area (Å²) in [4.78, 5) is 4.21. The summed E-state index contributed by atoms with van der Waals surface area (Å²) in [5.74, 6) is 0.647. The standard InChI is InChI=1S/C15H18N2O.ClH/c1-12(16-2)15(13-8-4-3-5-9-13)18-14-10-6-7-11-17-14;/h3-12,15-16H,1-2H3;1H. The zero-order chi connectivity index (χ0) is 12.8. The Hall–Kier alpha value is -1.58. The molecule has 102 valence electrons. The van der Waals surface area contributed by atoms with Crippen LogP contribution >= 0.6 is 12.4 Å². The molecule has 0 bridgehead atoms. The van der Waals surface area contributed by atoms with Crippen LogP contribution in [0.4, 0.5) is 0 Å². The fourth-order valence-electron chi connectivity index (χ4n) is 1.80. The lowest BCUT2D eigenvalue weighted by atomic mass is 10.0. The van der Waals surface area contributed by atoms with Crippen LogP contribution < -0.4 is 10.1 Å². The summed E-state index contributed by atoms with van der Waals surface area (Å²) >= 11 is 0. The number of aromatic nitrogens is 1. The third-order valence-corrected chi connectivity index (χ3v) is 2.92. The van der Waals surface area contributed by atoms with Crippen molar-refractivity contribution in [2.24, 2.45) is 0 Å². The van der Waals surface area contributed by atoms with Crippen molar-refractivity contribution < 1.29 is 4.74 Å². The molecule has 2 atom stereocenters. The molecule has 19 heavy (non-hydrogen) atoms. The molecular weight excluding hydrogens is 260 g/mol. The second-order valence-electron chi connectivity index (χ2n) is 4.19. The minimum absolute atomic E-state index is 0. The maximum absolute atomic E-state index is 5.98. The lowest BCUT2D eigenvalue weighted by Crippen LogP contribution is -2.32. The molecule has 0 aliphatic carbocycles. The van der Waals surface area contributed by atoms with E-state index in [1.807, 2.05) is 43.4 Å². The van der Waals surface area contributed by atoms with Gasteiger partial charge in [0.2, 0.25) is 5.88 Å². The van der Waals surface area contributed by atoms with E-state index in [1.54, 1.807) is 6.20 Å². The molecule has 1 N–H and O–H groups in total. The highest BCUT2D eigenvalue weighted by Crippen LogP contribution is 2.23. The van der Waals surface area contributed by atoms with Gasteiger partial charge in [-0.15, -0.1) is 12.4 Å². The molecule has 0 aliphatic rings. The number of likely N-dealkylation sites (N-methyl/N-ethyl adjacent to an activating group) is 1. The van der Waals surface area contributed by atoms with E-state index in [4.69, 9.17) is 4.74 Å². The average Bonchev–Trinajstić information content (AvgIpc) is 2.46. The molecule has 2 rings (SSSR count). The molecule has 2 aromatic rings. The van der Waals surface area contributed by atoms with E-state index >= 15 is 0 Å². The molecule has 0 amide bonds.